The first-order valence-corrected chi connectivity index (χ1v) is 6.73. The molecule has 2 rings (SSSR count). The van der Waals surface area contributed by atoms with E-state index < -0.39 is 11.6 Å². The van der Waals surface area contributed by atoms with Gasteiger partial charge < -0.3 is 5.11 Å². The number of phenolic OH excluding ortho intramolecular Hbond substituents is 1. The van der Waals surface area contributed by atoms with Crippen molar-refractivity contribution in [3.8, 4) is 5.75 Å². The Balaban J connectivity index is 2.38. The van der Waals surface area contributed by atoms with E-state index in [4.69, 9.17) is 13.0 Å². The number of carbonyl (C=O) groups excluding carboxylic acids is 1. The third-order valence-corrected chi connectivity index (χ3v) is 3.42. The molecule has 2 nitrogen and oxygen atoms in total. The molecule has 0 aromatic heterocycles. The molecule has 0 heterocycles. The van der Waals surface area contributed by atoms with Crippen LogP contribution in [-0.4, -0.2) is 10.9 Å². The molecule has 2 aromatic carbocycles. The molecule has 20 heavy (non-hydrogen) atoms. The van der Waals surface area contributed by atoms with Crippen LogP contribution in [0.5, 0.6) is 5.75 Å². The monoisotopic (exact) mass is 355 g/mol. The van der Waals surface area contributed by atoms with Gasteiger partial charge in [0.05, 0.1) is 11.4 Å². The molecule has 0 spiro atoms. The summed E-state index contributed by atoms with van der Waals surface area (Å²) in [5.41, 5.74) is -0.00858. The Labute approximate surface area is 130 Å². The van der Waals surface area contributed by atoms with Gasteiger partial charge in [-0.15, -0.1) is 0 Å². The summed E-state index contributed by atoms with van der Waals surface area (Å²) in [5.74, 6) is -1.49. The number of rotatable bonds is 3. The van der Waals surface area contributed by atoms with Gasteiger partial charge in [0.15, 0.2) is 5.78 Å². The molecule has 0 saturated carbocycles. The summed E-state index contributed by atoms with van der Waals surface area (Å²) in [6.45, 7) is 0. The molecule has 0 atom stereocenters. The number of phenols is 1. The Hall–Kier alpha value is -1.65. The van der Waals surface area contributed by atoms with E-state index in [2.05, 4.69) is 15.9 Å². The molecule has 0 aliphatic heterocycles. The third-order valence-electron chi connectivity index (χ3n) is 2.54. The number of carbonyl (C=O) groups is 1. The molecule has 0 saturated heterocycles. The van der Waals surface area contributed by atoms with E-state index in [1.54, 1.807) is 12.1 Å². The average Bonchev–Trinajstić information content (AvgIpc) is 2.41. The summed E-state index contributed by atoms with van der Waals surface area (Å²) in [7, 11) is 0. The minimum atomic E-state index is -0.685. The number of hydrogen-bond acceptors (Lipinski definition) is 2. The topological polar surface area (TPSA) is 37.3 Å². The highest BCUT2D eigenvalue weighted by molar-refractivity contribution is 9.10. The van der Waals surface area contributed by atoms with Gasteiger partial charge in [-0.3, -0.25) is 4.79 Å². The van der Waals surface area contributed by atoms with E-state index in [0.717, 1.165) is 12.1 Å². The first-order chi connectivity index (χ1) is 9.90. The van der Waals surface area contributed by atoms with Crippen LogP contribution in [0, 0.1) is 5.82 Å². The van der Waals surface area contributed by atoms with Crippen molar-refractivity contribution in [2.75, 3.05) is 0 Å². The molecule has 1 N–H and O–H groups in total. The highest BCUT2D eigenvalue weighted by Gasteiger charge is 2.10. The van der Waals surface area contributed by atoms with E-state index >= 15 is 0 Å². The van der Waals surface area contributed by atoms with Crippen molar-refractivity contribution in [3.63, 3.8) is 0 Å². The number of benzene rings is 2. The van der Waals surface area contributed by atoms with Crippen LogP contribution >= 0.6 is 27.5 Å². The highest BCUT2D eigenvalue weighted by atomic mass is 79.9. The lowest BCUT2D eigenvalue weighted by Gasteiger charge is -2.02. The summed E-state index contributed by atoms with van der Waals surface area (Å²) in [5, 5.41) is 10.0. The van der Waals surface area contributed by atoms with Gasteiger partial charge in [-0.25, -0.2) is 4.39 Å². The zero-order valence-electron chi connectivity index (χ0n) is 11.0. The summed E-state index contributed by atoms with van der Waals surface area (Å²) < 4.78 is 21.8. The Morgan fingerprint density at radius 2 is 2.15 bits per heavy atom. The molecule has 102 valence electrons. The first kappa shape index (κ1) is 13.3. The molecule has 0 fully saturated rings. The largest absolute Gasteiger partial charge is 0.506 e. The smallest absolute Gasteiger partial charge is 0.189 e. The third kappa shape index (κ3) is 3.26. The van der Waals surface area contributed by atoms with Crippen LogP contribution in [0.2, 0.25) is 5.02 Å². The second-order valence-corrected chi connectivity index (χ2v) is 5.20. The van der Waals surface area contributed by atoms with Crippen molar-refractivity contribution in [2.24, 2.45) is 0 Å². The average molecular weight is 357 g/mol. The van der Waals surface area contributed by atoms with Crippen molar-refractivity contribution in [1.82, 2.24) is 0 Å². The standard InChI is InChI=1S/C15H9BrClFO2/c16-12-3-1-2-11(15(12)20)14(19)7-5-9-4-6-10(17)8-13(9)18/h1-8,20H/b7-5+/i5D. The van der Waals surface area contributed by atoms with E-state index in [0.29, 0.717) is 4.47 Å². The van der Waals surface area contributed by atoms with Gasteiger partial charge >= 0.3 is 0 Å². The Bertz CT molecular complexity index is 746. The SMILES string of the molecule is [2H]/C(=C\C(=O)c1cccc(Br)c1O)c1ccc(Cl)cc1F. The molecule has 0 aliphatic rings. The Kier molecular flexibility index (Phi) is 4.14. The normalized spacial score (nSPS) is 12.2. The van der Waals surface area contributed by atoms with Crippen molar-refractivity contribution in [2.45, 2.75) is 0 Å². The van der Waals surface area contributed by atoms with E-state index in [-0.39, 0.29) is 28.0 Å². The van der Waals surface area contributed by atoms with E-state index in [9.17, 15) is 14.3 Å². The summed E-state index contributed by atoms with van der Waals surface area (Å²) in [6.07, 6.45) is 0.952. The molecule has 0 amide bonds. The second-order valence-electron chi connectivity index (χ2n) is 3.91. The lowest BCUT2D eigenvalue weighted by Crippen LogP contribution is -1.95. The Morgan fingerprint density at radius 3 is 2.85 bits per heavy atom. The van der Waals surface area contributed by atoms with Crippen LogP contribution in [0.15, 0.2) is 46.9 Å². The number of para-hydroxylation sites is 1. The van der Waals surface area contributed by atoms with Crippen molar-refractivity contribution in [1.29, 1.82) is 0 Å². The van der Waals surface area contributed by atoms with Gasteiger partial charge in [0.1, 0.15) is 11.6 Å². The first-order valence-electron chi connectivity index (χ1n) is 6.05. The number of aromatic hydroxyl groups is 1. The van der Waals surface area contributed by atoms with Crippen molar-refractivity contribution < 1.29 is 15.7 Å². The molecule has 0 radical (unpaired) electrons. The summed E-state index contributed by atoms with van der Waals surface area (Å²) in [4.78, 5) is 12.1. The van der Waals surface area contributed by atoms with E-state index in [1.165, 1.54) is 18.2 Å². The molecule has 0 aliphatic carbocycles. The molecular weight excluding hydrogens is 347 g/mol. The Morgan fingerprint density at radius 1 is 1.40 bits per heavy atom. The van der Waals surface area contributed by atoms with E-state index in [1.807, 2.05) is 0 Å². The maximum Gasteiger partial charge on any atom is 0.189 e. The van der Waals surface area contributed by atoms with Gasteiger partial charge in [-0.05, 0) is 52.3 Å². The predicted molar refractivity (Wildman–Crippen MR) is 80.6 cm³/mol. The fourth-order valence-electron chi connectivity index (χ4n) is 1.54. The number of allylic oxidation sites excluding steroid dienone is 1. The highest BCUT2D eigenvalue weighted by Crippen LogP contribution is 2.28. The number of hydrogen-bond donors (Lipinski definition) is 1. The van der Waals surface area contributed by atoms with Gasteiger partial charge in [0.2, 0.25) is 0 Å². The summed E-state index contributed by atoms with van der Waals surface area (Å²) in [6, 6.07) is 8.11. The van der Waals surface area contributed by atoms with Crippen LogP contribution < -0.4 is 0 Å². The number of ketones is 1. The van der Waals surface area contributed by atoms with Crippen LogP contribution in [-0.2, 0) is 0 Å². The fraction of sp³-hybridized carbons (Fsp3) is 0. The minimum Gasteiger partial charge on any atom is -0.506 e. The maximum atomic E-state index is 13.7. The molecule has 0 bridgehead atoms. The molecule has 0 unspecified atom stereocenters. The van der Waals surface area contributed by atoms with Crippen LogP contribution in [0.4, 0.5) is 4.39 Å². The lowest BCUT2D eigenvalue weighted by molar-refractivity contribution is 0.104. The quantitative estimate of drug-likeness (QED) is 0.631. The molecule has 2 aromatic rings. The predicted octanol–water partition coefficient (Wildman–Crippen LogP) is 4.84. The molecular formula is C15H9BrClFO2. The van der Waals surface area contributed by atoms with Crippen LogP contribution in [0.1, 0.15) is 17.3 Å². The van der Waals surface area contributed by atoms with Crippen molar-refractivity contribution in [3.05, 3.63) is 68.9 Å². The van der Waals surface area contributed by atoms with Gasteiger partial charge in [-0.2, -0.15) is 0 Å². The zero-order chi connectivity index (χ0) is 15.6. The van der Waals surface area contributed by atoms with Crippen LogP contribution in [0.25, 0.3) is 6.05 Å². The van der Waals surface area contributed by atoms with Crippen molar-refractivity contribution >= 4 is 39.4 Å². The maximum absolute atomic E-state index is 13.7. The minimum absolute atomic E-state index is 0.0310. The molecule has 5 heteroatoms. The van der Waals surface area contributed by atoms with Crippen LogP contribution in [0.3, 0.4) is 0 Å². The lowest BCUT2D eigenvalue weighted by atomic mass is 10.1. The summed E-state index contributed by atoms with van der Waals surface area (Å²) >= 11 is 8.74. The van der Waals surface area contributed by atoms with Gasteiger partial charge in [-0.1, -0.05) is 23.7 Å². The second kappa shape index (κ2) is 6.20. The number of halogens is 3. The fourth-order valence-corrected chi connectivity index (χ4v) is 2.07. The van der Waals surface area contributed by atoms with Gasteiger partial charge in [0.25, 0.3) is 0 Å². The zero-order valence-corrected chi connectivity index (χ0v) is 12.4. The van der Waals surface area contributed by atoms with Gasteiger partial charge in [0, 0.05) is 10.6 Å².